The van der Waals surface area contributed by atoms with Crippen LogP contribution in [0, 0.1) is 5.82 Å². The van der Waals surface area contributed by atoms with Gasteiger partial charge in [-0.15, -0.1) is 0 Å². The number of hydrogen-bond acceptors (Lipinski definition) is 3. The van der Waals surface area contributed by atoms with Gasteiger partial charge in [0.1, 0.15) is 5.82 Å². The Balaban J connectivity index is 1.67. The van der Waals surface area contributed by atoms with Gasteiger partial charge >= 0.3 is 0 Å². The molecule has 25 heavy (non-hydrogen) atoms. The van der Waals surface area contributed by atoms with Crippen LogP contribution >= 0.6 is 0 Å². The Morgan fingerprint density at radius 2 is 1.64 bits per heavy atom. The van der Waals surface area contributed by atoms with Gasteiger partial charge in [0.25, 0.3) is 5.91 Å². The highest BCUT2D eigenvalue weighted by Crippen LogP contribution is 2.03. The maximum atomic E-state index is 12.8. The van der Waals surface area contributed by atoms with Gasteiger partial charge in [0.15, 0.2) is 0 Å². The molecule has 2 rings (SSSR count). The minimum atomic E-state index is -3.45. The molecular formula is C18H21FN2O3S. The largest absolute Gasteiger partial charge is 0.351 e. The molecule has 0 fully saturated rings. The van der Waals surface area contributed by atoms with Gasteiger partial charge in [-0.05, 0) is 42.7 Å². The summed E-state index contributed by atoms with van der Waals surface area (Å²) in [5.41, 5.74) is 1.45. The molecule has 0 aliphatic carbocycles. The third-order valence-corrected chi connectivity index (χ3v) is 4.96. The number of nitrogens with one attached hydrogen (secondary N) is 2. The number of amides is 1. The van der Waals surface area contributed by atoms with Crippen LogP contribution in [-0.2, 0) is 16.4 Å². The zero-order valence-corrected chi connectivity index (χ0v) is 14.6. The van der Waals surface area contributed by atoms with Gasteiger partial charge in [0, 0.05) is 18.7 Å². The first kappa shape index (κ1) is 19.1. The second-order valence-corrected chi connectivity index (χ2v) is 7.49. The van der Waals surface area contributed by atoms with Crippen LogP contribution in [0.5, 0.6) is 0 Å². The average Bonchev–Trinajstić information content (AvgIpc) is 2.60. The molecule has 1 amide bonds. The molecule has 2 N–H and O–H groups in total. The monoisotopic (exact) mass is 364 g/mol. The van der Waals surface area contributed by atoms with Gasteiger partial charge in [0.05, 0.1) is 5.75 Å². The fraction of sp³-hybridized carbons (Fsp3) is 0.278. The smallest absolute Gasteiger partial charge is 0.251 e. The van der Waals surface area contributed by atoms with Crippen molar-refractivity contribution < 1.29 is 17.6 Å². The van der Waals surface area contributed by atoms with E-state index in [-0.39, 0.29) is 17.9 Å². The number of sulfonamides is 1. The Morgan fingerprint density at radius 1 is 0.960 bits per heavy atom. The molecule has 134 valence electrons. The number of carbonyl (C=O) groups excluding carboxylic acids is 1. The summed E-state index contributed by atoms with van der Waals surface area (Å²) in [7, 11) is -3.45. The van der Waals surface area contributed by atoms with Crippen molar-refractivity contribution in [2.45, 2.75) is 12.8 Å². The SMILES string of the molecule is O=C(NCCS(=O)(=O)NCCCc1ccccc1)c1ccc(F)cc1. The molecule has 2 aromatic rings. The van der Waals surface area contributed by atoms with Crippen molar-refractivity contribution >= 4 is 15.9 Å². The molecule has 0 atom stereocenters. The lowest BCUT2D eigenvalue weighted by Crippen LogP contribution is -2.35. The Kier molecular flexibility index (Phi) is 7.09. The first-order valence-corrected chi connectivity index (χ1v) is 9.66. The molecule has 5 nitrogen and oxygen atoms in total. The molecule has 7 heteroatoms. The molecule has 0 aromatic heterocycles. The van der Waals surface area contributed by atoms with Gasteiger partial charge in [-0.3, -0.25) is 4.79 Å². The maximum absolute atomic E-state index is 12.8. The lowest BCUT2D eigenvalue weighted by molar-refractivity contribution is 0.0956. The second-order valence-electron chi connectivity index (χ2n) is 5.57. The average molecular weight is 364 g/mol. The summed E-state index contributed by atoms with van der Waals surface area (Å²) < 4.78 is 39.1. The summed E-state index contributed by atoms with van der Waals surface area (Å²) >= 11 is 0. The molecule has 0 spiro atoms. The highest BCUT2D eigenvalue weighted by molar-refractivity contribution is 7.89. The van der Waals surface area contributed by atoms with E-state index in [2.05, 4.69) is 10.0 Å². The maximum Gasteiger partial charge on any atom is 0.251 e. The van der Waals surface area contributed by atoms with Gasteiger partial charge < -0.3 is 5.32 Å². The summed E-state index contributed by atoms with van der Waals surface area (Å²) in [6, 6.07) is 14.9. The Labute approximate surface area is 147 Å². The summed E-state index contributed by atoms with van der Waals surface area (Å²) in [5, 5.41) is 2.51. The summed E-state index contributed by atoms with van der Waals surface area (Å²) in [6.45, 7) is 0.341. The van der Waals surface area contributed by atoms with Gasteiger partial charge in [-0.1, -0.05) is 30.3 Å². The van der Waals surface area contributed by atoms with E-state index in [9.17, 15) is 17.6 Å². The van der Waals surface area contributed by atoms with E-state index >= 15 is 0 Å². The van der Waals surface area contributed by atoms with Crippen molar-refractivity contribution in [3.63, 3.8) is 0 Å². The molecule has 0 aliphatic heterocycles. The van der Waals surface area contributed by atoms with E-state index in [0.29, 0.717) is 13.0 Å². The zero-order valence-electron chi connectivity index (χ0n) is 13.7. The van der Waals surface area contributed by atoms with Gasteiger partial charge in [-0.25, -0.2) is 17.5 Å². The Hall–Kier alpha value is -2.25. The van der Waals surface area contributed by atoms with Crippen molar-refractivity contribution in [2.75, 3.05) is 18.8 Å². The predicted octanol–water partition coefficient (Wildman–Crippen LogP) is 2.11. The highest BCUT2D eigenvalue weighted by Gasteiger charge is 2.11. The summed E-state index contributed by atoms with van der Waals surface area (Å²) in [5.74, 6) is -1.07. The van der Waals surface area contributed by atoms with E-state index in [4.69, 9.17) is 0 Å². The zero-order chi connectivity index (χ0) is 18.1. The Morgan fingerprint density at radius 3 is 2.32 bits per heavy atom. The van der Waals surface area contributed by atoms with Crippen molar-refractivity contribution in [3.8, 4) is 0 Å². The topological polar surface area (TPSA) is 75.3 Å². The quantitative estimate of drug-likeness (QED) is 0.669. The normalized spacial score (nSPS) is 11.2. The Bertz CT molecular complexity index is 778. The van der Waals surface area contributed by atoms with Crippen molar-refractivity contribution in [2.24, 2.45) is 0 Å². The van der Waals surface area contributed by atoms with Crippen LogP contribution in [0.25, 0.3) is 0 Å². The van der Waals surface area contributed by atoms with Gasteiger partial charge in [0.2, 0.25) is 10.0 Å². The molecule has 2 aromatic carbocycles. The first-order valence-electron chi connectivity index (χ1n) is 8.01. The van der Waals surface area contributed by atoms with Crippen LogP contribution in [0.3, 0.4) is 0 Å². The van der Waals surface area contributed by atoms with E-state index in [0.717, 1.165) is 12.0 Å². The van der Waals surface area contributed by atoms with Crippen LogP contribution < -0.4 is 10.0 Å². The highest BCUT2D eigenvalue weighted by atomic mass is 32.2. The fourth-order valence-electron chi connectivity index (χ4n) is 2.24. The van der Waals surface area contributed by atoms with E-state index in [1.54, 1.807) is 0 Å². The third kappa shape index (κ3) is 7.03. The van der Waals surface area contributed by atoms with E-state index in [1.807, 2.05) is 30.3 Å². The lowest BCUT2D eigenvalue weighted by atomic mass is 10.1. The minimum absolute atomic E-state index is 0.00969. The molecule has 0 bridgehead atoms. The third-order valence-electron chi connectivity index (χ3n) is 3.57. The number of carbonyl (C=O) groups is 1. The number of halogens is 1. The number of rotatable bonds is 9. The minimum Gasteiger partial charge on any atom is -0.351 e. The standard InChI is InChI=1S/C18H21FN2O3S/c19-17-10-8-16(9-11-17)18(22)20-13-14-25(23,24)21-12-4-7-15-5-2-1-3-6-15/h1-3,5-6,8-11,21H,4,7,12-14H2,(H,20,22). The van der Waals surface area contributed by atoms with E-state index in [1.165, 1.54) is 24.3 Å². The van der Waals surface area contributed by atoms with Crippen LogP contribution in [0.15, 0.2) is 54.6 Å². The van der Waals surface area contributed by atoms with Crippen molar-refractivity contribution in [3.05, 3.63) is 71.5 Å². The van der Waals surface area contributed by atoms with Crippen LogP contribution in [0.2, 0.25) is 0 Å². The number of benzene rings is 2. The second kappa shape index (κ2) is 9.29. The molecule has 0 unspecified atom stereocenters. The van der Waals surface area contributed by atoms with Crippen LogP contribution in [-0.4, -0.2) is 33.2 Å². The van der Waals surface area contributed by atoms with Crippen molar-refractivity contribution in [1.82, 2.24) is 10.0 Å². The molecule has 0 heterocycles. The van der Waals surface area contributed by atoms with Crippen LogP contribution in [0.4, 0.5) is 4.39 Å². The summed E-state index contributed by atoms with van der Waals surface area (Å²) in [4.78, 5) is 11.8. The molecule has 0 radical (unpaired) electrons. The number of aryl methyl sites for hydroxylation is 1. The summed E-state index contributed by atoms with van der Waals surface area (Å²) in [6.07, 6.45) is 1.50. The molecule has 0 saturated heterocycles. The first-order chi connectivity index (χ1) is 12.0. The molecule has 0 saturated carbocycles. The molecule has 0 aliphatic rings. The van der Waals surface area contributed by atoms with Crippen molar-refractivity contribution in [1.29, 1.82) is 0 Å². The van der Waals surface area contributed by atoms with Gasteiger partial charge in [-0.2, -0.15) is 0 Å². The fourth-order valence-corrected chi connectivity index (χ4v) is 3.21. The van der Waals surface area contributed by atoms with E-state index < -0.39 is 21.7 Å². The number of hydrogen-bond donors (Lipinski definition) is 2. The molecular weight excluding hydrogens is 343 g/mol. The predicted molar refractivity (Wildman–Crippen MR) is 95.3 cm³/mol. The van der Waals surface area contributed by atoms with Crippen LogP contribution in [0.1, 0.15) is 22.3 Å². The lowest BCUT2D eigenvalue weighted by Gasteiger charge is -2.08.